The Labute approximate surface area is 82.3 Å². The smallest absolute Gasteiger partial charge is 0.132 e. The van der Waals surface area contributed by atoms with E-state index in [1.807, 2.05) is 0 Å². The topological polar surface area (TPSA) is 87.0 Å². The quantitative estimate of drug-likeness (QED) is 0.539. The van der Waals surface area contributed by atoms with Crippen LogP contribution >= 0.6 is 0 Å². The number of hydrogen-bond donors (Lipinski definition) is 3. The van der Waals surface area contributed by atoms with Crippen LogP contribution in [0, 0.1) is 0 Å². The summed E-state index contributed by atoms with van der Waals surface area (Å²) in [6.45, 7) is 1.08. The molecule has 0 unspecified atom stereocenters. The van der Waals surface area contributed by atoms with Gasteiger partial charge < -0.3 is 20.1 Å². The van der Waals surface area contributed by atoms with E-state index in [1.54, 1.807) is 0 Å². The third-order valence-corrected chi connectivity index (χ3v) is 2.34. The van der Waals surface area contributed by atoms with Crippen LogP contribution in [0.3, 0.4) is 0 Å². The van der Waals surface area contributed by atoms with Gasteiger partial charge in [-0.05, 0) is 6.92 Å². The van der Waals surface area contributed by atoms with E-state index in [-0.39, 0.29) is 25.2 Å². The van der Waals surface area contributed by atoms with Crippen LogP contribution in [0.25, 0.3) is 0 Å². The summed E-state index contributed by atoms with van der Waals surface area (Å²) in [4.78, 5) is 10.8. The Morgan fingerprint density at radius 3 is 2.64 bits per heavy atom. The van der Waals surface area contributed by atoms with Crippen LogP contribution in [0.2, 0.25) is 0 Å². The van der Waals surface area contributed by atoms with E-state index in [2.05, 4.69) is 0 Å². The highest BCUT2D eigenvalue weighted by atomic mass is 16.5. The summed E-state index contributed by atoms with van der Waals surface area (Å²) >= 11 is 0. The monoisotopic (exact) mass is 204 g/mol. The van der Waals surface area contributed by atoms with Gasteiger partial charge in [0.15, 0.2) is 0 Å². The maximum Gasteiger partial charge on any atom is 0.132 e. The molecule has 0 amide bonds. The van der Waals surface area contributed by atoms with Crippen LogP contribution in [0.1, 0.15) is 19.8 Å². The lowest BCUT2D eigenvalue weighted by Gasteiger charge is -2.36. The molecular weight excluding hydrogens is 188 g/mol. The molecule has 3 N–H and O–H groups in total. The predicted molar refractivity (Wildman–Crippen MR) is 47.7 cm³/mol. The predicted octanol–water partition coefficient (Wildman–Crippen LogP) is -1.16. The minimum Gasteiger partial charge on any atom is -0.394 e. The molecule has 14 heavy (non-hydrogen) atoms. The lowest BCUT2D eigenvalue weighted by molar-refractivity contribution is -0.181. The van der Waals surface area contributed by atoms with Crippen molar-refractivity contribution in [3.05, 3.63) is 0 Å². The van der Waals surface area contributed by atoms with E-state index >= 15 is 0 Å². The average molecular weight is 204 g/mol. The minimum absolute atomic E-state index is 0.0321. The van der Waals surface area contributed by atoms with Gasteiger partial charge in [0.25, 0.3) is 0 Å². The fraction of sp³-hybridized carbons (Fsp3) is 0.889. The van der Waals surface area contributed by atoms with Crippen LogP contribution in [0.5, 0.6) is 0 Å². The normalized spacial score (nSPS) is 38.3. The van der Waals surface area contributed by atoms with E-state index in [9.17, 15) is 15.0 Å². The molecule has 5 nitrogen and oxygen atoms in total. The highest BCUT2D eigenvalue weighted by Crippen LogP contribution is 2.22. The SMILES string of the molecule is CC(=O)C[C@@H]1C[C@@H](O)[C@H](O)[C@@H](CO)O1. The summed E-state index contributed by atoms with van der Waals surface area (Å²) in [6, 6.07) is 0. The van der Waals surface area contributed by atoms with Crippen molar-refractivity contribution >= 4 is 5.78 Å². The first kappa shape index (κ1) is 11.6. The maximum absolute atomic E-state index is 10.8. The third-order valence-electron chi connectivity index (χ3n) is 2.34. The van der Waals surface area contributed by atoms with E-state index in [1.165, 1.54) is 6.92 Å². The first-order valence-corrected chi connectivity index (χ1v) is 4.66. The van der Waals surface area contributed by atoms with E-state index in [4.69, 9.17) is 9.84 Å². The van der Waals surface area contributed by atoms with E-state index in [0.717, 1.165) is 0 Å². The molecule has 0 bridgehead atoms. The molecule has 1 heterocycles. The molecule has 1 saturated heterocycles. The van der Waals surface area contributed by atoms with Crippen molar-refractivity contribution in [1.29, 1.82) is 0 Å². The summed E-state index contributed by atoms with van der Waals surface area (Å²) in [6.07, 6.45) is -2.74. The Morgan fingerprint density at radius 1 is 1.50 bits per heavy atom. The first-order valence-electron chi connectivity index (χ1n) is 4.66. The van der Waals surface area contributed by atoms with Gasteiger partial charge in [0, 0.05) is 12.8 Å². The zero-order valence-electron chi connectivity index (χ0n) is 8.09. The number of ether oxygens (including phenoxy) is 1. The Balaban J connectivity index is 2.53. The number of Topliss-reactive ketones (excluding diaryl/α,β-unsaturated/α-hetero) is 1. The van der Waals surface area contributed by atoms with E-state index in [0.29, 0.717) is 0 Å². The zero-order valence-corrected chi connectivity index (χ0v) is 8.09. The van der Waals surface area contributed by atoms with Gasteiger partial charge in [0.1, 0.15) is 18.0 Å². The summed E-state index contributed by atoms with van der Waals surface area (Å²) in [5, 5.41) is 27.6. The Hall–Kier alpha value is -0.490. The van der Waals surface area contributed by atoms with Gasteiger partial charge in [-0.15, -0.1) is 0 Å². The number of ketones is 1. The van der Waals surface area contributed by atoms with Gasteiger partial charge in [-0.3, -0.25) is 4.79 Å². The molecule has 4 atom stereocenters. The van der Waals surface area contributed by atoms with Crippen LogP contribution < -0.4 is 0 Å². The van der Waals surface area contributed by atoms with Crippen molar-refractivity contribution in [3.63, 3.8) is 0 Å². The standard InChI is InChI=1S/C9H16O5/c1-5(11)2-6-3-7(12)9(13)8(4-10)14-6/h6-10,12-13H,2-4H2,1H3/t6-,7-,8-,9+/m1/s1. The number of rotatable bonds is 3. The summed E-state index contributed by atoms with van der Waals surface area (Å²) in [7, 11) is 0. The van der Waals surface area contributed by atoms with Gasteiger partial charge in [0.2, 0.25) is 0 Å². The zero-order chi connectivity index (χ0) is 10.7. The second-order valence-electron chi connectivity index (χ2n) is 3.68. The van der Waals surface area contributed by atoms with Crippen molar-refractivity contribution in [2.45, 2.75) is 44.2 Å². The van der Waals surface area contributed by atoms with Gasteiger partial charge in [-0.25, -0.2) is 0 Å². The van der Waals surface area contributed by atoms with Gasteiger partial charge in [-0.1, -0.05) is 0 Å². The average Bonchev–Trinajstić information content (AvgIpc) is 2.10. The second kappa shape index (κ2) is 4.84. The number of aliphatic hydroxyl groups is 3. The molecule has 0 saturated carbocycles. The lowest BCUT2D eigenvalue weighted by Crippen LogP contribution is -2.50. The van der Waals surface area contributed by atoms with Crippen molar-refractivity contribution in [2.75, 3.05) is 6.61 Å². The van der Waals surface area contributed by atoms with Gasteiger partial charge in [-0.2, -0.15) is 0 Å². The second-order valence-corrected chi connectivity index (χ2v) is 3.68. The summed E-state index contributed by atoms with van der Waals surface area (Å²) < 4.78 is 5.25. The molecule has 0 aromatic carbocycles. The highest BCUT2D eigenvalue weighted by Gasteiger charge is 2.36. The largest absolute Gasteiger partial charge is 0.394 e. The minimum atomic E-state index is -1.07. The molecule has 1 aliphatic heterocycles. The van der Waals surface area contributed by atoms with Crippen molar-refractivity contribution in [2.24, 2.45) is 0 Å². The number of carbonyl (C=O) groups is 1. The van der Waals surface area contributed by atoms with Crippen molar-refractivity contribution in [1.82, 2.24) is 0 Å². The Kier molecular flexibility index (Phi) is 4.00. The number of aliphatic hydroxyl groups excluding tert-OH is 3. The lowest BCUT2D eigenvalue weighted by atomic mass is 9.96. The van der Waals surface area contributed by atoms with Crippen molar-refractivity contribution in [3.8, 4) is 0 Å². The molecule has 0 aromatic rings. The number of carbonyl (C=O) groups excluding carboxylic acids is 1. The number of hydrogen-bond acceptors (Lipinski definition) is 5. The fourth-order valence-corrected chi connectivity index (χ4v) is 1.64. The molecule has 0 aromatic heterocycles. The molecule has 0 aliphatic carbocycles. The molecule has 1 rings (SSSR count). The molecular formula is C9H16O5. The molecule has 1 aliphatic rings. The summed E-state index contributed by atoms with van der Waals surface area (Å²) in [5.41, 5.74) is 0. The fourth-order valence-electron chi connectivity index (χ4n) is 1.64. The molecule has 0 radical (unpaired) electrons. The van der Waals surface area contributed by atoms with Crippen molar-refractivity contribution < 1.29 is 24.9 Å². The van der Waals surface area contributed by atoms with E-state index < -0.39 is 24.4 Å². The molecule has 0 spiro atoms. The summed E-state index contributed by atoms with van der Waals surface area (Å²) in [5.74, 6) is -0.0321. The Morgan fingerprint density at radius 2 is 2.14 bits per heavy atom. The van der Waals surface area contributed by atoms with Crippen LogP contribution in [0.4, 0.5) is 0 Å². The highest BCUT2D eigenvalue weighted by molar-refractivity contribution is 5.75. The molecule has 1 fully saturated rings. The third kappa shape index (κ3) is 2.75. The molecule has 82 valence electrons. The first-order chi connectivity index (χ1) is 6.54. The van der Waals surface area contributed by atoms with Crippen LogP contribution in [-0.2, 0) is 9.53 Å². The maximum atomic E-state index is 10.8. The Bertz CT molecular complexity index is 205. The van der Waals surface area contributed by atoms with Crippen LogP contribution in [-0.4, -0.2) is 52.1 Å². The van der Waals surface area contributed by atoms with Crippen LogP contribution in [0.15, 0.2) is 0 Å². The molecule has 5 heteroatoms. The van der Waals surface area contributed by atoms with Gasteiger partial charge >= 0.3 is 0 Å². The van der Waals surface area contributed by atoms with Gasteiger partial charge in [0.05, 0.1) is 18.8 Å².